The van der Waals surface area contributed by atoms with Crippen molar-refractivity contribution in [3.8, 4) is 5.75 Å². The summed E-state index contributed by atoms with van der Waals surface area (Å²) in [7, 11) is 1.98. The van der Waals surface area contributed by atoms with E-state index in [-0.39, 0.29) is 0 Å². The van der Waals surface area contributed by atoms with Crippen LogP contribution in [0, 0.1) is 6.92 Å². The summed E-state index contributed by atoms with van der Waals surface area (Å²) in [6.45, 7) is 3.23. The van der Waals surface area contributed by atoms with Gasteiger partial charge in [0, 0.05) is 24.9 Å². The van der Waals surface area contributed by atoms with Crippen LogP contribution < -0.4 is 10.5 Å². The summed E-state index contributed by atoms with van der Waals surface area (Å²) in [5.74, 6) is 1.92. The molecule has 0 amide bonds. The topological polar surface area (TPSA) is 53.1 Å². The van der Waals surface area contributed by atoms with E-state index in [4.69, 9.17) is 10.5 Å². The molecule has 0 bridgehead atoms. The zero-order valence-corrected chi connectivity index (χ0v) is 12.8. The molecule has 0 fully saturated rings. The van der Waals surface area contributed by atoms with Crippen molar-refractivity contribution in [2.24, 2.45) is 12.8 Å². The first-order chi connectivity index (χ1) is 9.70. The third-order valence-corrected chi connectivity index (χ3v) is 4.12. The third kappa shape index (κ3) is 4.02. The number of hydrogen-bond acceptors (Lipinski definition) is 4. The molecule has 4 nitrogen and oxygen atoms in total. The number of thioether (sulfide) groups is 1. The normalized spacial score (nSPS) is 10.8. The summed E-state index contributed by atoms with van der Waals surface area (Å²) in [4.78, 5) is 0. The van der Waals surface area contributed by atoms with Crippen LogP contribution >= 0.6 is 11.8 Å². The fourth-order valence-electron chi connectivity index (χ4n) is 1.95. The Balaban J connectivity index is 1.73. The minimum atomic E-state index is 0.513. The highest BCUT2D eigenvalue weighted by atomic mass is 32.2. The van der Waals surface area contributed by atoms with E-state index in [1.807, 2.05) is 54.7 Å². The van der Waals surface area contributed by atoms with Crippen LogP contribution in [-0.2, 0) is 13.6 Å². The molecule has 108 valence electrons. The number of aryl methyl sites for hydroxylation is 2. The Morgan fingerprint density at radius 2 is 2.15 bits per heavy atom. The van der Waals surface area contributed by atoms with Crippen molar-refractivity contribution in [2.75, 3.05) is 12.4 Å². The van der Waals surface area contributed by atoms with E-state index in [1.54, 1.807) is 0 Å². The maximum atomic E-state index is 5.79. The summed E-state index contributed by atoms with van der Waals surface area (Å²) < 4.78 is 7.71. The minimum Gasteiger partial charge on any atom is -0.493 e. The van der Waals surface area contributed by atoms with Crippen LogP contribution in [0.4, 0.5) is 0 Å². The summed E-state index contributed by atoms with van der Waals surface area (Å²) in [5, 5.41) is 5.53. The number of benzene rings is 1. The molecule has 0 spiro atoms. The molecule has 1 heterocycles. The number of rotatable bonds is 7. The van der Waals surface area contributed by atoms with E-state index in [2.05, 4.69) is 11.2 Å². The minimum absolute atomic E-state index is 0.513. The molecule has 2 aromatic rings. The van der Waals surface area contributed by atoms with Crippen molar-refractivity contribution < 1.29 is 4.74 Å². The third-order valence-electron chi connectivity index (χ3n) is 2.95. The molecule has 1 aromatic heterocycles. The van der Waals surface area contributed by atoms with Gasteiger partial charge in [-0.2, -0.15) is 5.10 Å². The van der Waals surface area contributed by atoms with Gasteiger partial charge in [0.05, 0.1) is 17.3 Å². The Morgan fingerprint density at radius 3 is 2.85 bits per heavy atom. The SMILES string of the molecule is Cc1cc(SCCCOc2ccccc2CN)n(C)n1. The van der Waals surface area contributed by atoms with Crippen LogP contribution in [0.15, 0.2) is 35.4 Å². The van der Waals surface area contributed by atoms with E-state index in [9.17, 15) is 0 Å². The van der Waals surface area contributed by atoms with Gasteiger partial charge in [-0.1, -0.05) is 18.2 Å². The van der Waals surface area contributed by atoms with Gasteiger partial charge >= 0.3 is 0 Å². The van der Waals surface area contributed by atoms with Gasteiger partial charge in [-0.3, -0.25) is 4.68 Å². The second-order valence-electron chi connectivity index (χ2n) is 4.61. The summed E-state index contributed by atoms with van der Waals surface area (Å²) in [6, 6.07) is 10.0. The smallest absolute Gasteiger partial charge is 0.123 e. The molecule has 0 aliphatic rings. The second kappa shape index (κ2) is 7.36. The van der Waals surface area contributed by atoms with Crippen molar-refractivity contribution in [2.45, 2.75) is 24.9 Å². The average molecular weight is 291 g/mol. The van der Waals surface area contributed by atoms with Crippen molar-refractivity contribution in [1.82, 2.24) is 9.78 Å². The Labute approximate surface area is 124 Å². The lowest BCUT2D eigenvalue weighted by Crippen LogP contribution is -2.04. The largest absolute Gasteiger partial charge is 0.493 e. The van der Waals surface area contributed by atoms with Crippen molar-refractivity contribution in [3.63, 3.8) is 0 Å². The molecule has 0 aliphatic carbocycles. The van der Waals surface area contributed by atoms with Gasteiger partial charge in [-0.05, 0) is 25.5 Å². The van der Waals surface area contributed by atoms with Gasteiger partial charge < -0.3 is 10.5 Å². The van der Waals surface area contributed by atoms with Crippen molar-refractivity contribution in [3.05, 3.63) is 41.6 Å². The number of ether oxygens (including phenoxy) is 1. The summed E-state index contributed by atoms with van der Waals surface area (Å²) in [6.07, 6.45) is 0.994. The Bertz CT molecular complexity index is 554. The van der Waals surface area contributed by atoms with Gasteiger partial charge in [-0.15, -0.1) is 11.8 Å². The lowest BCUT2D eigenvalue weighted by molar-refractivity contribution is 0.315. The van der Waals surface area contributed by atoms with Gasteiger partial charge in [0.15, 0.2) is 0 Å². The summed E-state index contributed by atoms with van der Waals surface area (Å²) >= 11 is 1.81. The molecule has 0 aliphatic heterocycles. The highest BCUT2D eigenvalue weighted by molar-refractivity contribution is 7.99. The lowest BCUT2D eigenvalue weighted by atomic mass is 10.2. The zero-order valence-electron chi connectivity index (χ0n) is 12.0. The van der Waals surface area contributed by atoms with E-state index in [1.165, 1.54) is 5.03 Å². The van der Waals surface area contributed by atoms with E-state index in [0.717, 1.165) is 29.2 Å². The average Bonchev–Trinajstić information content (AvgIpc) is 2.77. The van der Waals surface area contributed by atoms with Crippen LogP contribution in [-0.4, -0.2) is 22.1 Å². The molecular weight excluding hydrogens is 270 g/mol. The quantitative estimate of drug-likeness (QED) is 0.629. The number of para-hydroxylation sites is 1. The Morgan fingerprint density at radius 1 is 1.35 bits per heavy atom. The number of aromatic nitrogens is 2. The van der Waals surface area contributed by atoms with Crippen LogP contribution in [0.3, 0.4) is 0 Å². The van der Waals surface area contributed by atoms with Crippen LogP contribution in [0.2, 0.25) is 0 Å². The van der Waals surface area contributed by atoms with Crippen LogP contribution in [0.5, 0.6) is 5.75 Å². The predicted octanol–water partition coefficient (Wildman–Crippen LogP) is 2.75. The molecule has 0 unspecified atom stereocenters. The zero-order chi connectivity index (χ0) is 14.4. The molecule has 2 N–H and O–H groups in total. The highest BCUT2D eigenvalue weighted by Crippen LogP contribution is 2.20. The molecule has 5 heteroatoms. The maximum absolute atomic E-state index is 5.79. The van der Waals surface area contributed by atoms with Crippen LogP contribution in [0.1, 0.15) is 17.7 Å². The van der Waals surface area contributed by atoms with E-state index >= 15 is 0 Å². The molecule has 0 atom stereocenters. The first-order valence-corrected chi connectivity index (χ1v) is 7.73. The maximum Gasteiger partial charge on any atom is 0.123 e. The van der Waals surface area contributed by atoms with Gasteiger partial charge in [-0.25, -0.2) is 0 Å². The fraction of sp³-hybridized carbons (Fsp3) is 0.400. The number of nitrogens with zero attached hydrogens (tertiary/aromatic N) is 2. The van der Waals surface area contributed by atoms with Crippen LogP contribution in [0.25, 0.3) is 0 Å². The Kier molecular flexibility index (Phi) is 5.49. The van der Waals surface area contributed by atoms with Gasteiger partial charge in [0.2, 0.25) is 0 Å². The Hall–Kier alpha value is -1.46. The van der Waals surface area contributed by atoms with Crippen molar-refractivity contribution >= 4 is 11.8 Å². The molecule has 0 saturated carbocycles. The molecule has 2 rings (SSSR count). The highest BCUT2D eigenvalue weighted by Gasteiger charge is 2.03. The van der Waals surface area contributed by atoms with Gasteiger partial charge in [0.1, 0.15) is 5.75 Å². The first kappa shape index (κ1) is 14.9. The molecule has 0 saturated heterocycles. The first-order valence-electron chi connectivity index (χ1n) is 6.75. The predicted molar refractivity (Wildman–Crippen MR) is 83.1 cm³/mol. The number of hydrogen-bond donors (Lipinski definition) is 1. The fourth-order valence-corrected chi connectivity index (χ4v) is 2.91. The monoisotopic (exact) mass is 291 g/mol. The molecule has 20 heavy (non-hydrogen) atoms. The lowest BCUT2D eigenvalue weighted by Gasteiger charge is -2.09. The van der Waals surface area contributed by atoms with Crippen molar-refractivity contribution in [1.29, 1.82) is 0 Å². The standard InChI is InChI=1S/C15H21N3OS/c1-12-10-15(18(2)17-12)20-9-5-8-19-14-7-4-3-6-13(14)11-16/h3-4,6-7,10H,5,8-9,11,16H2,1-2H3. The van der Waals surface area contributed by atoms with Gasteiger partial charge in [0.25, 0.3) is 0 Å². The molecular formula is C15H21N3OS. The van der Waals surface area contributed by atoms with E-state index in [0.29, 0.717) is 13.2 Å². The van der Waals surface area contributed by atoms with E-state index < -0.39 is 0 Å². The molecule has 1 aromatic carbocycles. The second-order valence-corrected chi connectivity index (χ2v) is 5.73. The molecule has 0 radical (unpaired) electrons. The number of nitrogens with two attached hydrogens (primary N) is 1. The summed E-state index contributed by atoms with van der Waals surface area (Å²) in [5.41, 5.74) is 7.80.